The van der Waals surface area contributed by atoms with Crippen molar-refractivity contribution in [2.24, 2.45) is 5.73 Å². The van der Waals surface area contributed by atoms with Crippen LogP contribution in [-0.4, -0.2) is 13.0 Å². The van der Waals surface area contributed by atoms with Gasteiger partial charge in [0.05, 0.1) is 17.7 Å². The summed E-state index contributed by atoms with van der Waals surface area (Å²) in [6.45, 7) is 1.84. The van der Waals surface area contributed by atoms with Gasteiger partial charge in [0.15, 0.2) is 0 Å². The summed E-state index contributed by atoms with van der Waals surface area (Å²) in [6, 6.07) is 3.38. The first-order valence-electron chi connectivity index (χ1n) is 3.70. The smallest absolute Gasteiger partial charge is 0.250 e. The summed E-state index contributed by atoms with van der Waals surface area (Å²) >= 11 is 5.85. The van der Waals surface area contributed by atoms with Gasteiger partial charge in [-0.2, -0.15) is 0 Å². The molecule has 0 bridgehead atoms. The Morgan fingerprint density at radius 3 is 2.62 bits per heavy atom. The highest BCUT2D eigenvalue weighted by molar-refractivity contribution is 6.35. The quantitative estimate of drug-likeness (QED) is 0.789. The van der Waals surface area contributed by atoms with E-state index in [1.165, 1.54) is 7.11 Å². The van der Waals surface area contributed by atoms with Crippen LogP contribution in [0.2, 0.25) is 5.02 Å². The van der Waals surface area contributed by atoms with Crippen LogP contribution in [-0.2, 0) is 0 Å². The summed E-state index contributed by atoms with van der Waals surface area (Å²) < 4.78 is 4.98. The van der Waals surface area contributed by atoms with Crippen molar-refractivity contribution < 1.29 is 9.53 Å². The molecule has 0 saturated heterocycles. The van der Waals surface area contributed by atoms with Crippen LogP contribution in [0.15, 0.2) is 12.1 Å². The molecular weight excluding hydrogens is 190 g/mol. The average molecular weight is 200 g/mol. The number of hydrogen-bond donors (Lipinski definition) is 1. The number of aryl methyl sites for hydroxylation is 1. The van der Waals surface area contributed by atoms with Gasteiger partial charge in [0.1, 0.15) is 5.75 Å². The van der Waals surface area contributed by atoms with E-state index in [1.807, 2.05) is 6.92 Å². The first kappa shape index (κ1) is 9.86. The summed E-state index contributed by atoms with van der Waals surface area (Å²) in [6.07, 6.45) is 0. The molecule has 13 heavy (non-hydrogen) atoms. The fourth-order valence-corrected chi connectivity index (χ4v) is 1.34. The first-order chi connectivity index (χ1) is 6.06. The predicted octanol–water partition coefficient (Wildman–Crippen LogP) is 1.76. The third-order valence-corrected chi connectivity index (χ3v) is 2.06. The van der Waals surface area contributed by atoms with E-state index in [1.54, 1.807) is 12.1 Å². The lowest BCUT2D eigenvalue weighted by atomic mass is 10.1. The van der Waals surface area contributed by atoms with Crippen LogP contribution in [0.4, 0.5) is 0 Å². The molecule has 0 aromatic heterocycles. The number of nitrogens with two attached hydrogens (primary N) is 1. The van der Waals surface area contributed by atoms with Crippen molar-refractivity contribution in [3.63, 3.8) is 0 Å². The minimum atomic E-state index is -0.549. The number of primary amides is 1. The molecule has 0 heterocycles. The van der Waals surface area contributed by atoms with E-state index in [9.17, 15) is 4.79 Å². The molecule has 0 unspecified atom stereocenters. The van der Waals surface area contributed by atoms with Gasteiger partial charge in [-0.05, 0) is 24.6 Å². The van der Waals surface area contributed by atoms with Crippen molar-refractivity contribution in [1.82, 2.24) is 0 Å². The van der Waals surface area contributed by atoms with Gasteiger partial charge in [-0.3, -0.25) is 4.79 Å². The largest absolute Gasteiger partial charge is 0.495 e. The lowest BCUT2D eigenvalue weighted by Gasteiger charge is -2.07. The van der Waals surface area contributed by atoms with Gasteiger partial charge >= 0.3 is 0 Å². The second-order valence-electron chi connectivity index (χ2n) is 2.69. The summed E-state index contributed by atoms with van der Waals surface area (Å²) in [5.74, 6) is -0.0810. The van der Waals surface area contributed by atoms with E-state index < -0.39 is 5.91 Å². The second-order valence-corrected chi connectivity index (χ2v) is 3.07. The van der Waals surface area contributed by atoms with Crippen LogP contribution < -0.4 is 10.5 Å². The Balaban J connectivity index is 3.35. The normalized spacial score (nSPS) is 9.77. The first-order valence-corrected chi connectivity index (χ1v) is 4.08. The minimum Gasteiger partial charge on any atom is -0.495 e. The maximum Gasteiger partial charge on any atom is 0.250 e. The van der Waals surface area contributed by atoms with Crippen LogP contribution in [0.3, 0.4) is 0 Å². The van der Waals surface area contributed by atoms with Crippen LogP contribution >= 0.6 is 11.6 Å². The third kappa shape index (κ3) is 1.92. The van der Waals surface area contributed by atoms with E-state index in [2.05, 4.69) is 0 Å². The molecule has 0 fully saturated rings. The van der Waals surface area contributed by atoms with Crippen molar-refractivity contribution in [2.75, 3.05) is 7.11 Å². The van der Waals surface area contributed by atoms with Gasteiger partial charge in [0.25, 0.3) is 0 Å². The molecule has 0 saturated carbocycles. The lowest BCUT2D eigenvalue weighted by molar-refractivity contribution is 0.1000. The van der Waals surface area contributed by atoms with Crippen LogP contribution in [0.1, 0.15) is 15.9 Å². The Kier molecular flexibility index (Phi) is 2.78. The van der Waals surface area contributed by atoms with Crippen LogP contribution in [0.5, 0.6) is 5.75 Å². The van der Waals surface area contributed by atoms with Gasteiger partial charge in [-0.15, -0.1) is 0 Å². The number of carbonyl (C=O) groups excluding carboxylic acids is 1. The maximum atomic E-state index is 10.9. The van der Waals surface area contributed by atoms with Crippen molar-refractivity contribution >= 4 is 17.5 Å². The number of rotatable bonds is 2. The fraction of sp³-hybridized carbons (Fsp3) is 0.222. The van der Waals surface area contributed by atoms with E-state index in [-0.39, 0.29) is 5.02 Å². The second kappa shape index (κ2) is 3.66. The fourth-order valence-electron chi connectivity index (χ4n) is 1.06. The molecule has 1 aromatic carbocycles. The standard InChI is InChI=1S/C9H10ClNO2/c1-5-3-6(9(11)12)8(10)7(4-5)13-2/h3-4H,1-2H3,(H2,11,12). The van der Waals surface area contributed by atoms with E-state index in [4.69, 9.17) is 22.1 Å². The van der Waals surface area contributed by atoms with Gasteiger partial charge in [-0.25, -0.2) is 0 Å². The minimum absolute atomic E-state index is 0.264. The molecule has 0 radical (unpaired) electrons. The number of carbonyl (C=O) groups is 1. The summed E-state index contributed by atoms with van der Waals surface area (Å²) in [5, 5.41) is 0.264. The molecule has 1 aromatic rings. The topological polar surface area (TPSA) is 52.3 Å². The number of halogens is 1. The summed E-state index contributed by atoms with van der Waals surface area (Å²) in [7, 11) is 1.49. The molecule has 3 nitrogen and oxygen atoms in total. The number of methoxy groups -OCH3 is 1. The predicted molar refractivity (Wildman–Crippen MR) is 51.3 cm³/mol. The van der Waals surface area contributed by atoms with Crippen molar-refractivity contribution in [2.45, 2.75) is 6.92 Å². The van der Waals surface area contributed by atoms with Crippen LogP contribution in [0, 0.1) is 6.92 Å². The van der Waals surface area contributed by atoms with E-state index in [0.717, 1.165) is 5.56 Å². The molecule has 0 aliphatic carbocycles. The zero-order valence-corrected chi connectivity index (χ0v) is 8.18. The monoisotopic (exact) mass is 199 g/mol. The Morgan fingerprint density at radius 1 is 1.54 bits per heavy atom. The molecule has 1 amide bonds. The highest BCUT2D eigenvalue weighted by atomic mass is 35.5. The summed E-state index contributed by atoms with van der Waals surface area (Å²) in [5.41, 5.74) is 6.30. The van der Waals surface area contributed by atoms with Crippen molar-refractivity contribution in [1.29, 1.82) is 0 Å². The molecule has 0 aliphatic heterocycles. The highest BCUT2D eigenvalue weighted by Crippen LogP contribution is 2.29. The molecule has 0 aliphatic rings. The number of hydrogen-bond acceptors (Lipinski definition) is 2. The van der Waals surface area contributed by atoms with E-state index in [0.29, 0.717) is 11.3 Å². The highest BCUT2D eigenvalue weighted by Gasteiger charge is 2.11. The molecule has 4 heteroatoms. The maximum absolute atomic E-state index is 10.9. The molecule has 0 atom stereocenters. The molecule has 1 rings (SSSR count). The number of amides is 1. The SMILES string of the molecule is COc1cc(C)cc(C(N)=O)c1Cl. The Labute approximate surface area is 81.4 Å². The molecule has 2 N–H and O–H groups in total. The number of benzene rings is 1. The van der Waals surface area contributed by atoms with Gasteiger partial charge in [0.2, 0.25) is 5.91 Å². The summed E-state index contributed by atoms with van der Waals surface area (Å²) in [4.78, 5) is 10.9. The Morgan fingerprint density at radius 2 is 2.15 bits per heavy atom. The van der Waals surface area contributed by atoms with Crippen molar-refractivity contribution in [3.05, 3.63) is 28.3 Å². The zero-order chi connectivity index (χ0) is 10.0. The van der Waals surface area contributed by atoms with Gasteiger partial charge < -0.3 is 10.5 Å². The molecule has 70 valence electrons. The Hall–Kier alpha value is -1.22. The lowest BCUT2D eigenvalue weighted by Crippen LogP contribution is -2.12. The molecular formula is C9H10ClNO2. The van der Waals surface area contributed by atoms with E-state index >= 15 is 0 Å². The average Bonchev–Trinajstić information content (AvgIpc) is 2.08. The van der Waals surface area contributed by atoms with Crippen LogP contribution in [0.25, 0.3) is 0 Å². The van der Waals surface area contributed by atoms with Gasteiger partial charge in [-0.1, -0.05) is 11.6 Å². The van der Waals surface area contributed by atoms with Crippen molar-refractivity contribution in [3.8, 4) is 5.75 Å². The molecule has 0 spiro atoms. The Bertz CT molecular complexity index is 350. The van der Waals surface area contributed by atoms with Gasteiger partial charge in [0, 0.05) is 0 Å². The third-order valence-electron chi connectivity index (χ3n) is 1.67. The number of ether oxygens (including phenoxy) is 1. The zero-order valence-electron chi connectivity index (χ0n) is 7.43.